The highest BCUT2D eigenvalue weighted by atomic mass is 19.1. The second-order valence-corrected chi connectivity index (χ2v) is 16.0. The Morgan fingerprint density at radius 2 is 1.78 bits per heavy atom. The van der Waals surface area contributed by atoms with E-state index in [0.29, 0.717) is 52.6 Å². The Labute approximate surface area is 297 Å². The topological polar surface area (TPSA) is 111 Å². The average Bonchev–Trinajstić information content (AvgIpc) is 3.67. The summed E-state index contributed by atoms with van der Waals surface area (Å²) in [5.41, 5.74) is 3.93. The van der Waals surface area contributed by atoms with Crippen LogP contribution in [0.15, 0.2) is 36.8 Å². The molecule has 51 heavy (non-hydrogen) atoms. The van der Waals surface area contributed by atoms with E-state index < -0.39 is 29.7 Å². The predicted molar refractivity (Wildman–Crippen MR) is 194 cm³/mol. The fourth-order valence-electron chi connectivity index (χ4n) is 8.21. The third-order valence-electron chi connectivity index (χ3n) is 11.7. The molecule has 0 radical (unpaired) electrons. The van der Waals surface area contributed by atoms with Crippen LogP contribution in [0.4, 0.5) is 26.0 Å². The van der Waals surface area contributed by atoms with Gasteiger partial charge in [-0.1, -0.05) is 6.42 Å². The minimum Gasteiger partial charge on any atom is -0.374 e. The van der Waals surface area contributed by atoms with Gasteiger partial charge in [-0.3, -0.25) is 15.1 Å². The first kappa shape index (κ1) is 34.1. The van der Waals surface area contributed by atoms with E-state index in [1.54, 1.807) is 25.5 Å². The summed E-state index contributed by atoms with van der Waals surface area (Å²) in [6.45, 7) is 11.4. The van der Waals surface area contributed by atoms with Crippen molar-refractivity contribution in [3.8, 4) is 11.3 Å². The number of halogens is 2. The highest BCUT2D eigenvalue weighted by Gasteiger charge is 2.51. The summed E-state index contributed by atoms with van der Waals surface area (Å²) in [6, 6.07) is 7.53. The number of carbonyl (C=O) groups is 1. The summed E-state index contributed by atoms with van der Waals surface area (Å²) in [5.74, 6) is -0.0403. The number of anilines is 3. The van der Waals surface area contributed by atoms with Gasteiger partial charge >= 0.3 is 0 Å². The van der Waals surface area contributed by atoms with Crippen LogP contribution in [0.3, 0.4) is 0 Å². The number of likely N-dealkylation sites (tertiary alicyclic amines) is 1. The Balaban J connectivity index is 1.15. The van der Waals surface area contributed by atoms with Crippen molar-refractivity contribution in [3.63, 3.8) is 0 Å². The van der Waals surface area contributed by atoms with Crippen LogP contribution in [0, 0.1) is 12.7 Å². The minimum atomic E-state index is -1.16. The molecule has 2 aliphatic heterocycles. The second kappa shape index (κ2) is 12.6. The molecule has 3 fully saturated rings. The second-order valence-electron chi connectivity index (χ2n) is 16.0. The monoisotopic (exact) mass is 698 g/mol. The standard InChI is InChI=1S/C39H48F2N8O2/c1-22(2)48-21-43-31-18-29(44-35(33(31)48)45-30-17-27(23(3)13-28(30)41)36(50)46-39(20-40)9-10-39)24-14-32-34(42-19-24)38(4,5)37(51)49(32)26-15-25(16-26)47-11-7-6-8-12-47/h13-14,17-19,21-22,25-26,36,46,50H,6-12,15-16,20H2,1-5H3,(H,44,45). The number of fused-ring (bicyclic) bond motifs is 2. The van der Waals surface area contributed by atoms with E-state index in [1.807, 2.05) is 49.3 Å². The zero-order valence-electron chi connectivity index (χ0n) is 30.1. The third kappa shape index (κ3) is 5.89. The summed E-state index contributed by atoms with van der Waals surface area (Å²) in [4.78, 5) is 33.1. The summed E-state index contributed by atoms with van der Waals surface area (Å²) >= 11 is 0. The van der Waals surface area contributed by atoms with Gasteiger partial charge in [-0.05, 0) is 116 Å². The molecule has 2 saturated carbocycles. The number of aryl methyl sites for hydroxylation is 1. The van der Waals surface area contributed by atoms with E-state index >= 15 is 4.39 Å². The molecule has 1 atom stereocenters. The molecule has 3 N–H and O–H groups in total. The van der Waals surface area contributed by atoms with Crippen molar-refractivity contribution < 1.29 is 18.7 Å². The van der Waals surface area contributed by atoms with Gasteiger partial charge in [0.1, 0.15) is 24.2 Å². The van der Waals surface area contributed by atoms with Crippen molar-refractivity contribution in [3.05, 3.63) is 59.4 Å². The number of carbonyl (C=O) groups excluding carboxylic acids is 1. The van der Waals surface area contributed by atoms with Crippen molar-refractivity contribution >= 4 is 34.1 Å². The Morgan fingerprint density at radius 3 is 2.47 bits per heavy atom. The number of hydrogen-bond acceptors (Lipinski definition) is 8. The van der Waals surface area contributed by atoms with Crippen LogP contribution >= 0.6 is 0 Å². The first-order valence-electron chi connectivity index (χ1n) is 18.4. The maximum absolute atomic E-state index is 15.6. The molecule has 2 aliphatic carbocycles. The summed E-state index contributed by atoms with van der Waals surface area (Å²) in [7, 11) is 0. The van der Waals surface area contributed by atoms with Crippen molar-refractivity contribution in [2.24, 2.45) is 0 Å². The van der Waals surface area contributed by atoms with Crippen LogP contribution in [-0.4, -0.2) is 72.8 Å². The smallest absolute Gasteiger partial charge is 0.239 e. The van der Waals surface area contributed by atoms with Crippen LogP contribution in [0.25, 0.3) is 22.3 Å². The lowest BCUT2D eigenvalue weighted by Gasteiger charge is -2.47. The molecule has 12 heteroatoms. The number of hydrogen-bond donors (Lipinski definition) is 3. The molecule has 4 aliphatic rings. The molecule has 1 unspecified atom stereocenters. The number of alkyl halides is 1. The van der Waals surface area contributed by atoms with Crippen molar-refractivity contribution in [1.82, 2.24) is 29.7 Å². The Morgan fingerprint density at radius 1 is 1.04 bits per heavy atom. The highest BCUT2D eigenvalue weighted by molar-refractivity contribution is 6.08. The highest BCUT2D eigenvalue weighted by Crippen LogP contribution is 2.47. The molecule has 3 aromatic heterocycles. The minimum absolute atomic E-state index is 0.0442. The number of piperidine rings is 1. The summed E-state index contributed by atoms with van der Waals surface area (Å²) < 4.78 is 31.3. The van der Waals surface area contributed by atoms with E-state index in [0.717, 1.165) is 42.9 Å². The zero-order valence-corrected chi connectivity index (χ0v) is 30.1. The van der Waals surface area contributed by atoms with Gasteiger partial charge in [0.15, 0.2) is 5.82 Å². The Kier molecular flexibility index (Phi) is 8.42. The number of rotatable bonds is 10. The van der Waals surface area contributed by atoms with Gasteiger partial charge in [0.2, 0.25) is 5.91 Å². The normalized spacial score (nSPS) is 23.1. The van der Waals surface area contributed by atoms with E-state index in [-0.39, 0.29) is 23.7 Å². The number of benzene rings is 1. The molecule has 5 heterocycles. The molecule has 0 bridgehead atoms. The van der Waals surface area contributed by atoms with E-state index in [1.165, 1.54) is 25.3 Å². The van der Waals surface area contributed by atoms with Crippen LogP contribution in [0.1, 0.15) is 102 Å². The lowest BCUT2D eigenvalue weighted by Crippen LogP contribution is -2.57. The number of aromatic nitrogens is 4. The number of aliphatic hydroxyl groups is 1. The first-order chi connectivity index (χ1) is 24.4. The van der Waals surface area contributed by atoms with Gasteiger partial charge in [-0.25, -0.2) is 18.7 Å². The number of nitrogens with one attached hydrogen (secondary N) is 2. The molecule has 10 nitrogen and oxygen atoms in total. The molecule has 1 aromatic carbocycles. The largest absolute Gasteiger partial charge is 0.374 e. The zero-order chi connectivity index (χ0) is 35.8. The number of nitrogens with zero attached hydrogens (tertiary/aromatic N) is 6. The van der Waals surface area contributed by atoms with Crippen LogP contribution in [0.5, 0.6) is 0 Å². The Hall–Kier alpha value is -4.00. The SMILES string of the molecule is Cc1cc(F)c(Nc2nc(-c3cnc4c(c3)N(C3CC(N5CCCCC5)C3)C(=O)C4(C)C)cc3ncn(C(C)C)c23)cc1C(O)NC1(CF)CC1. The lowest BCUT2D eigenvalue weighted by molar-refractivity contribution is -0.123. The molecule has 4 aromatic rings. The fourth-order valence-corrected chi connectivity index (χ4v) is 8.21. The molecule has 8 rings (SSSR count). The maximum Gasteiger partial charge on any atom is 0.239 e. The van der Waals surface area contributed by atoms with Crippen molar-refractivity contribution in [2.45, 2.75) is 115 Å². The molecular formula is C39H48F2N8O2. The quantitative estimate of drug-likeness (QED) is 0.152. The maximum atomic E-state index is 15.6. The summed E-state index contributed by atoms with van der Waals surface area (Å²) in [5, 5.41) is 17.3. The molecular weight excluding hydrogens is 650 g/mol. The molecule has 0 spiro atoms. The van der Waals surface area contributed by atoms with Gasteiger partial charge in [0.05, 0.1) is 40.0 Å². The van der Waals surface area contributed by atoms with E-state index in [4.69, 9.17) is 15.0 Å². The Bertz CT molecular complexity index is 1990. The average molecular weight is 699 g/mol. The van der Waals surface area contributed by atoms with Gasteiger partial charge in [0.25, 0.3) is 0 Å². The van der Waals surface area contributed by atoms with Crippen LogP contribution < -0.4 is 15.5 Å². The molecule has 270 valence electrons. The summed E-state index contributed by atoms with van der Waals surface area (Å²) in [6.07, 6.45) is 9.33. The number of amides is 1. The van der Waals surface area contributed by atoms with E-state index in [9.17, 15) is 14.3 Å². The van der Waals surface area contributed by atoms with Gasteiger partial charge in [-0.2, -0.15) is 0 Å². The number of imidazole rings is 1. The van der Waals surface area contributed by atoms with Crippen LogP contribution in [-0.2, 0) is 10.2 Å². The van der Waals surface area contributed by atoms with Crippen molar-refractivity contribution in [1.29, 1.82) is 0 Å². The first-order valence-corrected chi connectivity index (χ1v) is 18.4. The van der Waals surface area contributed by atoms with Gasteiger partial charge in [-0.15, -0.1) is 0 Å². The van der Waals surface area contributed by atoms with Crippen molar-refractivity contribution in [2.75, 3.05) is 30.0 Å². The number of pyridine rings is 2. The number of aliphatic hydroxyl groups excluding tert-OH is 1. The van der Waals surface area contributed by atoms with Gasteiger partial charge in [0, 0.05) is 41.0 Å². The van der Waals surface area contributed by atoms with Crippen LogP contribution in [0.2, 0.25) is 0 Å². The van der Waals surface area contributed by atoms with E-state index in [2.05, 4.69) is 15.5 Å². The lowest BCUT2D eigenvalue weighted by atomic mass is 9.83. The fraction of sp³-hybridized carbons (Fsp3) is 0.538. The molecule has 1 saturated heterocycles. The molecule has 1 amide bonds. The van der Waals surface area contributed by atoms with Gasteiger partial charge < -0.3 is 24.8 Å². The predicted octanol–water partition coefficient (Wildman–Crippen LogP) is 6.99. The third-order valence-corrected chi connectivity index (χ3v) is 11.7.